The Morgan fingerprint density at radius 2 is 1.77 bits per heavy atom. The summed E-state index contributed by atoms with van der Waals surface area (Å²) in [4.78, 5) is 49.0. The van der Waals surface area contributed by atoms with Crippen molar-refractivity contribution in [2.45, 2.75) is 26.8 Å². The van der Waals surface area contributed by atoms with Gasteiger partial charge in [-0.25, -0.2) is 19.2 Å². The van der Waals surface area contributed by atoms with Crippen molar-refractivity contribution in [3.8, 4) is 0 Å². The van der Waals surface area contributed by atoms with Crippen LogP contribution in [0.2, 0.25) is 0 Å². The molecule has 0 unspecified atom stereocenters. The van der Waals surface area contributed by atoms with E-state index in [2.05, 4.69) is 10.6 Å². The van der Waals surface area contributed by atoms with Gasteiger partial charge in [0.05, 0.1) is 23.9 Å². The summed E-state index contributed by atoms with van der Waals surface area (Å²) < 4.78 is 15.5. The largest absolute Gasteiger partial charge is 0.463 e. The number of aryl methyl sites for hydroxylation is 2. The van der Waals surface area contributed by atoms with Gasteiger partial charge in [0.2, 0.25) is 0 Å². The van der Waals surface area contributed by atoms with E-state index >= 15 is 0 Å². The molecule has 1 aliphatic rings. The van der Waals surface area contributed by atoms with Crippen LogP contribution in [0.15, 0.2) is 56.9 Å². The first kappa shape index (κ1) is 21.8. The Kier molecular flexibility index (Phi) is 6.54. The van der Waals surface area contributed by atoms with Gasteiger partial charge in [-0.1, -0.05) is 30.3 Å². The van der Waals surface area contributed by atoms with Gasteiger partial charge in [0.25, 0.3) is 0 Å². The maximum Gasteiger partial charge on any atom is 0.342 e. The molecule has 1 aromatic heterocycles. The Labute approximate surface area is 178 Å². The third-order valence-corrected chi connectivity index (χ3v) is 4.67. The Morgan fingerprint density at radius 1 is 1.06 bits per heavy atom. The van der Waals surface area contributed by atoms with E-state index < -0.39 is 29.6 Å². The van der Waals surface area contributed by atoms with Crippen molar-refractivity contribution in [3.05, 3.63) is 80.5 Å². The second-order valence-corrected chi connectivity index (χ2v) is 6.81. The summed E-state index contributed by atoms with van der Waals surface area (Å²) in [6, 6.07) is 8.75. The first-order chi connectivity index (χ1) is 14.8. The van der Waals surface area contributed by atoms with E-state index in [0.29, 0.717) is 11.1 Å². The highest BCUT2D eigenvalue weighted by Crippen LogP contribution is 2.28. The summed E-state index contributed by atoms with van der Waals surface area (Å²) in [5, 5.41) is 5.23. The van der Waals surface area contributed by atoms with Crippen LogP contribution < -0.4 is 16.3 Å². The van der Waals surface area contributed by atoms with Crippen molar-refractivity contribution in [1.29, 1.82) is 0 Å². The maximum atomic E-state index is 12.7. The zero-order valence-electron chi connectivity index (χ0n) is 17.3. The van der Waals surface area contributed by atoms with Crippen LogP contribution in [0.1, 0.15) is 40.2 Å². The molecule has 0 radical (unpaired) electrons. The lowest BCUT2D eigenvalue weighted by atomic mass is 9.95. The molecule has 0 fully saturated rings. The average molecular weight is 426 g/mol. The minimum absolute atomic E-state index is 0.108. The van der Waals surface area contributed by atoms with Crippen molar-refractivity contribution in [2.75, 3.05) is 13.2 Å². The molecule has 9 nitrogen and oxygen atoms in total. The standard InChI is InChI=1S/C22H22N2O7/c1-4-29-21(27)18-15(23-22(28)24-19(18)14-8-6-5-7-9-14)11-30-20(26)17-12(2)10-16(25)31-13(17)3/h5-10,19H,4,11H2,1-3H3,(H2,23,24,28)/t19-/m1/s1. The van der Waals surface area contributed by atoms with E-state index in [0.717, 1.165) is 0 Å². The second-order valence-electron chi connectivity index (χ2n) is 6.81. The maximum absolute atomic E-state index is 12.7. The lowest BCUT2D eigenvalue weighted by Gasteiger charge is -2.29. The molecule has 3 rings (SSSR count). The summed E-state index contributed by atoms with van der Waals surface area (Å²) in [5.74, 6) is -1.28. The van der Waals surface area contributed by atoms with Gasteiger partial charge in [-0.15, -0.1) is 0 Å². The molecule has 0 saturated carbocycles. The van der Waals surface area contributed by atoms with E-state index in [1.54, 1.807) is 38.1 Å². The van der Waals surface area contributed by atoms with E-state index in [1.807, 2.05) is 6.07 Å². The number of rotatable bonds is 6. The molecule has 162 valence electrons. The summed E-state index contributed by atoms with van der Waals surface area (Å²) in [5.41, 5.74) is 0.842. The Balaban J connectivity index is 1.95. The molecule has 2 N–H and O–H groups in total. The van der Waals surface area contributed by atoms with Gasteiger partial charge >= 0.3 is 23.6 Å². The minimum Gasteiger partial charge on any atom is -0.463 e. The molecule has 0 aliphatic carbocycles. The van der Waals surface area contributed by atoms with Crippen molar-refractivity contribution in [2.24, 2.45) is 0 Å². The molecule has 0 saturated heterocycles. The van der Waals surface area contributed by atoms with Gasteiger partial charge in [-0.05, 0) is 31.9 Å². The molecule has 2 heterocycles. The average Bonchev–Trinajstić information content (AvgIpc) is 2.71. The van der Waals surface area contributed by atoms with Gasteiger partial charge in [0, 0.05) is 6.07 Å². The molecule has 0 bridgehead atoms. The van der Waals surface area contributed by atoms with Crippen LogP contribution >= 0.6 is 0 Å². The number of ether oxygens (including phenoxy) is 2. The fourth-order valence-electron chi connectivity index (χ4n) is 3.35. The lowest BCUT2D eigenvalue weighted by Crippen LogP contribution is -2.47. The number of carbonyl (C=O) groups excluding carboxylic acids is 3. The zero-order valence-corrected chi connectivity index (χ0v) is 17.3. The van der Waals surface area contributed by atoms with Crippen LogP contribution in [0.5, 0.6) is 0 Å². The normalized spacial score (nSPS) is 15.7. The van der Waals surface area contributed by atoms with Gasteiger partial charge in [0.1, 0.15) is 17.9 Å². The molecule has 2 amide bonds. The highest BCUT2D eigenvalue weighted by atomic mass is 16.5. The smallest absolute Gasteiger partial charge is 0.342 e. The number of amides is 2. The molecule has 1 aromatic carbocycles. The van der Waals surface area contributed by atoms with Crippen molar-refractivity contribution >= 4 is 18.0 Å². The van der Waals surface area contributed by atoms with Crippen molar-refractivity contribution in [3.63, 3.8) is 0 Å². The number of urea groups is 1. The third kappa shape index (κ3) is 4.82. The van der Waals surface area contributed by atoms with Crippen LogP contribution in [0.4, 0.5) is 4.79 Å². The van der Waals surface area contributed by atoms with Crippen LogP contribution in [0, 0.1) is 13.8 Å². The van der Waals surface area contributed by atoms with Crippen LogP contribution in [-0.2, 0) is 14.3 Å². The summed E-state index contributed by atoms with van der Waals surface area (Å²) >= 11 is 0. The van der Waals surface area contributed by atoms with E-state index in [9.17, 15) is 19.2 Å². The first-order valence-corrected chi connectivity index (χ1v) is 9.63. The number of hydrogen-bond acceptors (Lipinski definition) is 7. The molecule has 1 aliphatic heterocycles. The molecule has 31 heavy (non-hydrogen) atoms. The highest BCUT2D eigenvalue weighted by Gasteiger charge is 2.34. The van der Waals surface area contributed by atoms with Crippen molar-refractivity contribution in [1.82, 2.24) is 10.6 Å². The summed E-state index contributed by atoms with van der Waals surface area (Å²) in [6.45, 7) is 4.47. The highest BCUT2D eigenvalue weighted by molar-refractivity contribution is 5.96. The number of carbonyl (C=O) groups is 3. The quantitative estimate of drug-likeness (QED) is 0.679. The van der Waals surface area contributed by atoms with E-state index in [1.165, 1.54) is 13.0 Å². The topological polar surface area (TPSA) is 124 Å². The summed E-state index contributed by atoms with van der Waals surface area (Å²) in [7, 11) is 0. The van der Waals surface area contributed by atoms with Gasteiger partial charge < -0.3 is 24.5 Å². The van der Waals surface area contributed by atoms with Crippen LogP contribution in [0.3, 0.4) is 0 Å². The van der Waals surface area contributed by atoms with Crippen LogP contribution in [0.25, 0.3) is 0 Å². The molecule has 1 atom stereocenters. The molecule has 2 aromatic rings. The molecular weight excluding hydrogens is 404 g/mol. The zero-order chi connectivity index (χ0) is 22.5. The SMILES string of the molecule is CCOC(=O)C1=C(COC(=O)c2c(C)cc(=O)oc2C)NC(=O)N[C@@H]1c1ccccc1. The predicted molar refractivity (Wildman–Crippen MR) is 109 cm³/mol. The fourth-order valence-corrected chi connectivity index (χ4v) is 3.35. The molecule has 9 heteroatoms. The molecular formula is C22H22N2O7. The van der Waals surface area contributed by atoms with E-state index in [4.69, 9.17) is 13.9 Å². The third-order valence-electron chi connectivity index (χ3n) is 4.67. The molecule has 0 spiro atoms. The Bertz CT molecular complexity index is 1080. The number of nitrogens with one attached hydrogen (secondary N) is 2. The van der Waals surface area contributed by atoms with Crippen molar-refractivity contribution < 1.29 is 28.3 Å². The number of esters is 2. The Morgan fingerprint density at radius 3 is 2.42 bits per heavy atom. The van der Waals surface area contributed by atoms with Crippen LogP contribution in [-0.4, -0.2) is 31.2 Å². The van der Waals surface area contributed by atoms with Gasteiger partial charge in [-0.2, -0.15) is 0 Å². The number of hydrogen-bond donors (Lipinski definition) is 2. The first-order valence-electron chi connectivity index (χ1n) is 9.63. The predicted octanol–water partition coefficient (Wildman–Crippen LogP) is 2.28. The summed E-state index contributed by atoms with van der Waals surface area (Å²) in [6.07, 6.45) is 0. The minimum atomic E-state index is -0.777. The monoisotopic (exact) mass is 426 g/mol. The fraction of sp³-hybridized carbons (Fsp3) is 0.273. The number of benzene rings is 1. The second kappa shape index (κ2) is 9.29. The Hall–Kier alpha value is -3.88. The van der Waals surface area contributed by atoms with E-state index in [-0.39, 0.29) is 35.8 Å². The van der Waals surface area contributed by atoms with Gasteiger partial charge in [0.15, 0.2) is 0 Å². The van der Waals surface area contributed by atoms with Gasteiger partial charge in [-0.3, -0.25) is 0 Å². The lowest BCUT2D eigenvalue weighted by molar-refractivity contribution is -0.139.